The number of amides is 1. The monoisotopic (exact) mass is 432 g/mol. The third-order valence-electron chi connectivity index (χ3n) is 4.80. The molecule has 2 aromatic heterocycles. The summed E-state index contributed by atoms with van der Waals surface area (Å²) in [6.07, 6.45) is -1.07. The number of nitrogens with one attached hydrogen (secondary N) is 1. The van der Waals surface area contributed by atoms with Gasteiger partial charge in [0.15, 0.2) is 5.82 Å². The predicted octanol–water partition coefficient (Wildman–Crippen LogP) is 3.48. The van der Waals surface area contributed by atoms with Crippen molar-refractivity contribution in [1.82, 2.24) is 9.97 Å². The Morgan fingerprint density at radius 1 is 1.34 bits per heavy atom. The Bertz CT molecular complexity index is 1060. The van der Waals surface area contributed by atoms with E-state index in [4.69, 9.17) is 16.3 Å². The molecule has 0 saturated carbocycles. The molecule has 7 nitrogen and oxygen atoms in total. The number of hydrogen-bond acceptors (Lipinski definition) is 7. The van der Waals surface area contributed by atoms with Gasteiger partial charge in [-0.05, 0) is 48.7 Å². The molecule has 0 radical (unpaired) electrons. The summed E-state index contributed by atoms with van der Waals surface area (Å²) >= 11 is 7.85. The van der Waals surface area contributed by atoms with Crippen LogP contribution in [0.25, 0.3) is 20.7 Å². The van der Waals surface area contributed by atoms with E-state index < -0.39 is 12.0 Å². The third kappa shape index (κ3) is 4.06. The van der Waals surface area contributed by atoms with E-state index in [1.54, 1.807) is 17.4 Å². The van der Waals surface area contributed by atoms with Crippen LogP contribution < -0.4 is 10.2 Å². The second kappa shape index (κ2) is 8.23. The van der Waals surface area contributed by atoms with E-state index in [0.29, 0.717) is 18.9 Å². The van der Waals surface area contributed by atoms with Crippen molar-refractivity contribution in [3.05, 3.63) is 35.1 Å². The van der Waals surface area contributed by atoms with Crippen molar-refractivity contribution in [3.63, 3.8) is 0 Å². The molecule has 1 saturated heterocycles. The lowest BCUT2D eigenvalue weighted by molar-refractivity contribution is -0.123. The number of aromatic nitrogens is 2. The van der Waals surface area contributed by atoms with Crippen LogP contribution in [0, 0.1) is 6.92 Å². The zero-order chi connectivity index (χ0) is 20.5. The quantitative estimate of drug-likeness (QED) is 0.614. The molecule has 1 fully saturated rings. The van der Waals surface area contributed by atoms with Gasteiger partial charge in [-0.3, -0.25) is 4.79 Å². The van der Waals surface area contributed by atoms with Crippen LogP contribution in [0.3, 0.4) is 0 Å². The highest BCUT2D eigenvalue weighted by Gasteiger charge is 2.22. The van der Waals surface area contributed by atoms with E-state index in [1.807, 2.05) is 25.1 Å². The normalized spacial score (nSPS) is 15.5. The van der Waals surface area contributed by atoms with E-state index in [0.717, 1.165) is 45.1 Å². The molecule has 1 amide bonds. The van der Waals surface area contributed by atoms with Crippen molar-refractivity contribution >= 4 is 50.6 Å². The molecule has 1 aliphatic heterocycles. The molecule has 29 heavy (non-hydrogen) atoms. The number of anilines is 2. The van der Waals surface area contributed by atoms with E-state index in [-0.39, 0.29) is 5.28 Å². The maximum absolute atomic E-state index is 11.8. The fourth-order valence-electron chi connectivity index (χ4n) is 3.30. The van der Waals surface area contributed by atoms with Gasteiger partial charge in [-0.1, -0.05) is 12.1 Å². The molecule has 2 N–H and O–H groups in total. The van der Waals surface area contributed by atoms with Gasteiger partial charge >= 0.3 is 0 Å². The smallest absolute Gasteiger partial charge is 0.252 e. The largest absolute Gasteiger partial charge is 0.384 e. The Labute approximate surface area is 177 Å². The molecule has 0 aliphatic carbocycles. The molecular formula is C20H21ClN4O3S. The van der Waals surface area contributed by atoms with Crippen LogP contribution in [0.1, 0.15) is 12.5 Å². The Kier molecular flexibility index (Phi) is 5.69. The maximum atomic E-state index is 11.8. The summed E-state index contributed by atoms with van der Waals surface area (Å²) < 4.78 is 6.44. The summed E-state index contributed by atoms with van der Waals surface area (Å²) in [6.45, 7) is 6.29. The third-order valence-corrected chi connectivity index (χ3v) is 6.30. The van der Waals surface area contributed by atoms with Gasteiger partial charge in [0, 0.05) is 23.7 Å². The van der Waals surface area contributed by atoms with Gasteiger partial charge in [0.1, 0.15) is 6.10 Å². The van der Waals surface area contributed by atoms with Crippen molar-refractivity contribution in [3.8, 4) is 10.4 Å². The van der Waals surface area contributed by atoms with Gasteiger partial charge in [0.05, 0.1) is 23.4 Å². The Hall–Kier alpha value is -2.26. The first-order valence-corrected chi connectivity index (χ1v) is 10.5. The Morgan fingerprint density at radius 2 is 2.10 bits per heavy atom. The molecule has 3 heterocycles. The first-order chi connectivity index (χ1) is 13.9. The summed E-state index contributed by atoms with van der Waals surface area (Å²) in [7, 11) is 0. The molecule has 4 rings (SSSR count). The summed E-state index contributed by atoms with van der Waals surface area (Å²) in [5.41, 5.74) is 3.44. The van der Waals surface area contributed by atoms with Crippen molar-refractivity contribution in [2.75, 3.05) is 36.5 Å². The number of nitrogens with zero attached hydrogens (tertiary/aromatic N) is 3. The molecule has 1 aliphatic rings. The van der Waals surface area contributed by atoms with Crippen molar-refractivity contribution in [2.45, 2.75) is 20.0 Å². The first kappa shape index (κ1) is 20.0. The number of rotatable bonds is 4. The van der Waals surface area contributed by atoms with Crippen molar-refractivity contribution in [1.29, 1.82) is 0 Å². The molecule has 0 spiro atoms. The van der Waals surface area contributed by atoms with E-state index in [9.17, 15) is 9.90 Å². The summed E-state index contributed by atoms with van der Waals surface area (Å²) in [4.78, 5) is 24.0. The standard InChI is InChI=1S/C20H21ClN4O3S/c1-11-15-17(18(24-20(21)23-15)25-6-8-28-9-7-25)29-16(11)13-4-3-5-14(10-13)22-19(27)12(2)26/h3-5,10,12,26H,6-9H2,1-2H3,(H,22,27). The molecule has 9 heteroatoms. The lowest BCUT2D eigenvalue weighted by Crippen LogP contribution is -2.36. The predicted molar refractivity (Wildman–Crippen MR) is 116 cm³/mol. The summed E-state index contributed by atoms with van der Waals surface area (Å²) in [5, 5.41) is 12.4. The van der Waals surface area contributed by atoms with Crippen LogP contribution in [0.15, 0.2) is 24.3 Å². The minimum Gasteiger partial charge on any atom is -0.384 e. The average molecular weight is 433 g/mol. The number of aliphatic hydroxyl groups excluding tert-OH is 1. The van der Waals surface area contributed by atoms with Crippen LogP contribution in [0.4, 0.5) is 11.5 Å². The molecule has 3 aromatic rings. The van der Waals surface area contributed by atoms with E-state index in [2.05, 4.69) is 20.2 Å². The van der Waals surface area contributed by atoms with Gasteiger partial charge in [0.2, 0.25) is 5.28 Å². The topological polar surface area (TPSA) is 87.6 Å². The molecular weight excluding hydrogens is 412 g/mol. The van der Waals surface area contributed by atoms with Crippen LogP contribution in [-0.4, -0.2) is 53.4 Å². The highest BCUT2D eigenvalue weighted by atomic mass is 35.5. The second-order valence-corrected chi connectivity index (χ2v) is 8.25. The van der Waals surface area contributed by atoms with Crippen LogP contribution >= 0.6 is 22.9 Å². The lowest BCUT2D eigenvalue weighted by Gasteiger charge is -2.28. The molecule has 1 atom stereocenters. The lowest BCUT2D eigenvalue weighted by atomic mass is 10.1. The first-order valence-electron chi connectivity index (χ1n) is 9.32. The number of morpholine rings is 1. The number of carbonyl (C=O) groups excluding carboxylic acids is 1. The van der Waals surface area contributed by atoms with Gasteiger partial charge in [-0.25, -0.2) is 4.98 Å². The average Bonchev–Trinajstić information content (AvgIpc) is 3.05. The van der Waals surface area contributed by atoms with Crippen molar-refractivity contribution < 1.29 is 14.6 Å². The minimum atomic E-state index is -1.07. The van der Waals surface area contributed by atoms with Crippen LogP contribution in [0.2, 0.25) is 5.28 Å². The van der Waals surface area contributed by atoms with E-state index in [1.165, 1.54) is 6.92 Å². The maximum Gasteiger partial charge on any atom is 0.252 e. The van der Waals surface area contributed by atoms with Gasteiger partial charge in [0.25, 0.3) is 5.91 Å². The number of aryl methyl sites for hydroxylation is 1. The number of fused-ring (bicyclic) bond motifs is 1. The van der Waals surface area contributed by atoms with Crippen molar-refractivity contribution in [2.24, 2.45) is 0 Å². The molecule has 1 aromatic carbocycles. The minimum absolute atomic E-state index is 0.226. The number of ether oxygens (including phenoxy) is 1. The summed E-state index contributed by atoms with van der Waals surface area (Å²) in [5.74, 6) is 0.392. The SMILES string of the molecule is Cc1c(-c2cccc(NC(=O)C(C)O)c2)sc2c(N3CCOCC3)nc(Cl)nc12. The van der Waals surface area contributed by atoms with Gasteiger partial charge in [-0.2, -0.15) is 4.98 Å². The van der Waals surface area contributed by atoms with Crippen LogP contribution in [0.5, 0.6) is 0 Å². The Morgan fingerprint density at radius 3 is 2.83 bits per heavy atom. The summed E-state index contributed by atoms with van der Waals surface area (Å²) in [6, 6.07) is 7.54. The van der Waals surface area contributed by atoms with Gasteiger partial charge in [-0.15, -0.1) is 11.3 Å². The van der Waals surface area contributed by atoms with E-state index >= 15 is 0 Å². The highest BCUT2D eigenvalue weighted by molar-refractivity contribution is 7.23. The van der Waals surface area contributed by atoms with Gasteiger partial charge < -0.3 is 20.1 Å². The highest BCUT2D eigenvalue weighted by Crippen LogP contribution is 2.42. The zero-order valence-corrected chi connectivity index (χ0v) is 17.7. The second-order valence-electron chi connectivity index (χ2n) is 6.90. The number of carbonyl (C=O) groups is 1. The molecule has 1 unspecified atom stereocenters. The fraction of sp³-hybridized carbons (Fsp3) is 0.350. The number of aliphatic hydroxyl groups is 1. The number of halogens is 1. The fourth-order valence-corrected chi connectivity index (χ4v) is 4.72. The zero-order valence-electron chi connectivity index (χ0n) is 16.1. The van der Waals surface area contributed by atoms with Crippen LogP contribution in [-0.2, 0) is 9.53 Å². The number of thiophene rings is 1. The molecule has 152 valence electrons. The molecule has 0 bridgehead atoms. The Balaban J connectivity index is 1.77. The number of hydrogen-bond donors (Lipinski definition) is 2. The number of benzene rings is 1.